The van der Waals surface area contributed by atoms with Gasteiger partial charge in [0.15, 0.2) is 0 Å². The van der Waals surface area contributed by atoms with Gasteiger partial charge in [0.05, 0.1) is 16.3 Å². The Balaban J connectivity index is 1.94. The zero-order valence-corrected chi connectivity index (χ0v) is 11.8. The standard InChI is InChI=1S/C14H16N2O2S/c1-10-15-13(9-19-10)8-16(2)7-11-3-5-12(6-4-11)14(17)18/h3-6,9H,7-8H2,1-2H3,(H,17,18). The van der Waals surface area contributed by atoms with Crippen LogP contribution in [-0.2, 0) is 13.1 Å². The number of carbonyl (C=O) groups is 1. The molecule has 2 aromatic rings. The summed E-state index contributed by atoms with van der Waals surface area (Å²) in [5.41, 5.74) is 2.49. The lowest BCUT2D eigenvalue weighted by Crippen LogP contribution is -2.17. The van der Waals surface area contributed by atoms with Crippen LogP contribution in [0.2, 0.25) is 0 Å². The molecule has 0 unspecified atom stereocenters. The van der Waals surface area contributed by atoms with Gasteiger partial charge in [0, 0.05) is 18.5 Å². The van der Waals surface area contributed by atoms with Gasteiger partial charge in [-0.1, -0.05) is 12.1 Å². The first-order valence-electron chi connectivity index (χ1n) is 5.96. The fraction of sp³-hybridized carbons (Fsp3) is 0.286. The summed E-state index contributed by atoms with van der Waals surface area (Å²) in [6.07, 6.45) is 0. The molecule has 1 aromatic heterocycles. The summed E-state index contributed by atoms with van der Waals surface area (Å²) in [4.78, 5) is 17.3. The van der Waals surface area contributed by atoms with Gasteiger partial charge in [-0.3, -0.25) is 4.90 Å². The van der Waals surface area contributed by atoms with Gasteiger partial charge in [-0.25, -0.2) is 9.78 Å². The number of rotatable bonds is 5. The lowest BCUT2D eigenvalue weighted by Gasteiger charge is -2.15. The van der Waals surface area contributed by atoms with Crippen molar-refractivity contribution in [2.45, 2.75) is 20.0 Å². The summed E-state index contributed by atoms with van der Waals surface area (Å²) >= 11 is 1.65. The maximum atomic E-state index is 10.8. The summed E-state index contributed by atoms with van der Waals surface area (Å²) in [5, 5.41) is 12.0. The molecule has 1 heterocycles. The number of aromatic carboxylic acids is 1. The Morgan fingerprint density at radius 2 is 2.00 bits per heavy atom. The fourth-order valence-corrected chi connectivity index (χ4v) is 2.48. The molecular weight excluding hydrogens is 260 g/mol. The molecule has 0 fully saturated rings. The number of aromatic nitrogens is 1. The van der Waals surface area contributed by atoms with Crippen LogP contribution < -0.4 is 0 Å². The number of aryl methyl sites for hydroxylation is 1. The average Bonchev–Trinajstić information content (AvgIpc) is 2.75. The first-order valence-corrected chi connectivity index (χ1v) is 6.84. The molecule has 5 heteroatoms. The molecule has 0 aliphatic heterocycles. The molecule has 2 rings (SSSR count). The van der Waals surface area contributed by atoms with Crippen molar-refractivity contribution >= 4 is 17.3 Å². The van der Waals surface area contributed by atoms with Gasteiger partial charge in [0.2, 0.25) is 0 Å². The Kier molecular flexibility index (Phi) is 4.29. The molecule has 0 saturated carbocycles. The quantitative estimate of drug-likeness (QED) is 0.912. The van der Waals surface area contributed by atoms with Crippen LogP contribution in [0.3, 0.4) is 0 Å². The molecule has 0 aliphatic carbocycles. The minimum Gasteiger partial charge on any atom is -0.478 e. The molecule has 100 valence electrons. The summed E-state index contributed by atoms with van der Waals surface area (Å²) in [6.45, 7) is 3.57. The third-order valence-electron chi connectivity index (χ3n) is 2.75. The van der Waals surface area contributed by atoms with E-state index >= 15 is 0 Å². The molecular formula is C14H16N2O2S. The highest BCUT2D eigenvalue weighted by atomic mass is 32.1. The fourth-order valence-electron chi connectivity index (χ4n) is 1.88. The van der Waals surface area contributed by atoms with Gasteiger partial charge < -0.3 is 5.11 Å². The van der Waals surface area contributed by atoms with Crippen molar-refractivity contribution in [2.75, 3.05) is 7.05 Å². The van der Waals surface area contributed by atoms with E-state index in [1.807, 2.05) is 26.1 Å². The van der Waals surface area contributed by atoms with E-state index in [1.54, 1.807) is 23.5 Å². The molecule has 0 bridgehead atoms. The smallest absolute Gasteiger partial charge is 0.335 e. The molecule has 0 amide bonds. The van der Waals surface area contributed by atoms with E-state index in [-0.39, 0.29) is 0 Å². The Morgan fingerprint density at radius 1 is 1.32 bits per heavy atom. The highest BCUT2D eigenvalue weighted by Gasteiger charge is 2.06. The number of nitrogens with zero attached hydrogens (tertiary/aromatic N) is 2. The van der Waals surface area contributed by atoms with Crippen molar-refractivity contribution in [1.29, 1.82) is 0 Å². The van der Waals surface area contributed by atoms with Gasteiger partial charge >= 0.3 is 5.97 Å². The Labute approximate surface area is 116 Å². The number of hydrogen-bond donors (Lipinski definition) is 1. The molecule has 0 spiro atoms. The maximum absolute atomic E-state index is 10.8. The van der Waals surface area contributed by atoms with Crippen molar-refractivity contribution in [2.24, 2.45) is 0 Å². The van der Waals surface area contributed by atoms with Gasteiger partial charge in [-0.2, -0.15) is 0 Å². The topological polar surface area (TPSA) is 53.4 Å². The highest BCUT2D eigenvalue weighted by molar-refractivity contribution is 7.09. The first-order chi connectivity index (χ1) is 9.04. The summed E-state index contributed by atoms with van der Waals surface area (Å²) in [5.74, 6) is -0.891. The van der Waals surface area contributed by atoms with Crippen LogP contribution in [0.5, 0.6) is 0 Å². The molecule has 1 N–H and O–H groups in total. The van der Waals surface area contributed by atoms with E-state index in [4.69, 9.17) is 5.11 Å². The number of carboxylic acids is 1. The van der Waals surface area contributed by atoms with E-state index in [9.17, 15) is 4.79 Å². The first kappa shape index (κ1) is 13.7. The molecule has 0 atom stereocenters. The van der Waals surface area contributed by atoms with E-state index in [2.05, 4.69) is 15.3 Å². The number of carboxylic acid groups (broad SMARTS) is 1. The van der Waals surface area contributed by atoms with Gasteiger partial charge in [-0.15, -0.1) is 11.3 Å². The van der Waals surface area contributed by atoms with Crippen molar-refractivity contribution in [1.82, 2.24) is 9.88 Å². The lowest BCUT2D eigenvalue weighted by molar-refractivity contribution is 0.0697. The number of thiazole rings is 1. The second-order valence-corrected chi connectivity index (χ2v) is 5.59. The monoisotopic (exact) mass is 276 g/mol. The van der Waals surface area contributed by atoms with Crippen LogP contribution in [0.25, 0.3) is 0 Å². The zero-order chi connectivity index (χ0) is 13.8. The Bertz CT molecular complexity index is 563. The zero-order valence-electron chi connectivity index (χ0n) is 11.0. The highest BCUT2D eigenvalue weighted by Crippen LogP contribution is 2.12. The molecule has 1 aromatic carbocycles. The van der Waals surface area contributed by atoms with E-state index < -0.39 is 5.97 Å². The second-order valence-electron chi connectivity index (χ2n) is 4.53. The third-order valence-corrected chi connectivity index (χ3v) is 3.57. The predicted molar refractivity (Wildman–Crippen MR) is 75.4 cm³/mol. The Morgan fingerprint density at radius 3 is 2.53 bits per heavy atom. The normalized spacial score (nSPS) is 10.9. The van der Waals surface area contributed by atoms with Crippen LogP contribution in [0.4, 0.5) is 0 Å². The van der Waals surface area contributed by atoms with Crippen LogP contribution in [0.1, 0.15) is 26.6 Å². The van der Waals surface area contributed by atoms with Crippen LogP contribution in [0.15, 0.2) is 29.6 Å². The van der Waals surface area contributed by atoms with Gasteiger partial charge in [-0.05, 0) is 31.7 Å². The summed E-state index contributed by atoms with van der Waals surface area (Å²) < 4.78 is 0. The molecule has 19 heavy (non-hydrogen) atoms. The SMILES string of the molecule is Cc1nc(CN(C)Cc2ccc(C(=O)O)cc2)cs1. The van der Waals surface area contributed by atoms with Gasteiger partial charge in [0.25, 0.3) is 0 Å². The molecule has 0 saturated heterocycles. The largest absolute Gasteiger partial charge is 0.478 e. The predicted octanol–water partition coefficient (Wildman–Crippen LogP) is 2.78. The Hall–Kier alpha value is -1.72. The van der Waals surface area contributed by atoms with E-state index in [0.717, 1.165) is 29.4 Å². The van der Waals surface area contributed by atoms with Crippen molar-refractivity contribution in [3.05, 3.63) is 51.5 Å². The summed E-state index contributed by atoms with van der Waals surface area (Å²) in [6, 6.07) is 6.98. The van der Waals surface area contributed by atoms with Crippen molar-refractivity contribution in [3.63, 3.8) is 0 Å². The number of benzene rings is 1. The maximum Gasteiger partial charge on any atom is 0.335 e. The van der Waals surface area contributed by atoms with Crippen molar-refractivity contribution < 1.29 is 9.90 Å². The lowest BCUT2D eigenvalue weighted by atomic mass is 10.1. The summed E-state index contributed by atoms with van der Waals surface area (Å²) in [7, 11) is 2.03. The molecule has 0 aliphatic rings. The number of hydrogen-bond acceptors (Lipinski definition) is 4. The third kappa shape index (κ3) is 3.87. The molecule has 4 nitrogen and oxygen atoms in total. The average molecular weight is 276 g/mol. The van der Waals surface area contributed by atoms with E-state index in [0.29, 0.717) is 5.56 Å². The van der Waals surface area contributed by atoms with E-state index in [1.165, 1.54) is 0 Å². The van der Waals surface area contributed by atoms with Gasteiger partial charge in [0.1, 0.15) is 0 Å². The minimum atomic E-state index is -0.891. The molecule has 0 radical (unpaired) electrons. The van der Waals surface area contributed by atoms with Crippen LogP contribution >= 0.6 is 11.3 Å². The van der Waals surface area contributed by atoms with Crippen LogP contribution in [0, 0.1) is 6.92 Å². The minimum absolute atomic E-state index is 0.321. The van der Waals surface area contributed by atoms with Crippen LogP contribution in [-0.4, -0.2) is 28.0 Å². The second kappa shape index (κ2) is 5.95. The van der Waals surface area contributed by atoms with Crippen molar-refractivity contribution in [3.8, 4) is 0 Å².